The van der Waals surface area contributed by atoms with E-state index >= 15 is 0 Å². The Morgan fingerprint density at radius 2 is 2.06 bits per heavy atom. The van der Waals surface area contributed by atoms with Gasteiger partial charge in [-0.2, -0.15) is 0 Å². The maximum absolute atomic E-state index is 11.5. The normalized spacial score (nSPS) is 19.9. The second-order valence-corrected chi connectivity index (χ2v) is 4.01. The molecule has 0 aliphatic carbocycles. The van der Waals surface area contributed by atoms with Crippen LogP contribution >= 0.6 is 0 Å². The number of rotatable bonds is 2. The molecular weight excluding hydrogens is 220 g/mol. The zero-order valence-electron chi connectivity index (χ0n) is 9.51. The lowest BCUT2D eigenvalue weighted by molar-refractivity contribution is -0.122. The summed E-state index contributed by atoms with van der Waals surface area (Å²) in [6.07, 6.45) is 0. The highest BCUT2D eigenvalue weighted by atomic mass is 16.4. The molecule has 5 heteroatoms. The molecular formula is C12H14N2O3. The SMILES string of the molecule is CC1C(=O)NCCN1c1ccc(C(=O)O)cc1. The van der Waals surface area contributed by atoms with Crippen LogP contribution in [0.15, 0.2) is 24.3 Å². The number of nitrogens with zero attached hydrogens (tertiary/aromatic N) is 1. The zero-order valence-corrected chi connectivity index (χ0v) is 9.51. The van der Waals surface area contributed by atoms with Crippen molar-refractivity contribution in [1.29, 1.82) is 0 Å². The summed E-state index contributed by atoms with van der Waals surface area (Å²) in [5.74, 6) is -0.945. The summed E-state index contributed by atoms with van der Waals surface area (Å²) >= 11 is 0. The number of anilines is 1. The minimum atomic E-state index is -0.944. The lowest BCUT2D eigenvalue weighted by atomic mass is 10.1. The zero-order chi connectivity index (χ0) is 12.4. The molecule has 0 radical (unpaired) electrons. The molecule has 0 aromatic heterocycles. The molecule has 1 amide bonds. The number of aromatic carboxylic acids is 1. The Bertz CT molecular complexity index is 442. The number of carbonyl (C=O) groups excluding carboxylic acids is 1. The van der Waals surface area contributed by atoms with Gasteiger partial charge < -0.3 is 15.3 Å². The van der Waals surface area contributed by atoms with Crippen LogP contribution < -0.4 is 10.2 Å². The fourth-order valence-electron chi connectivity index (χ4n) is 1.93. The van der Waals surface area contributed by atoms with E-state index in [1.54, 1.807) is 24.3 Å². The van der Waals surface area contributed by atoms with Crippen LogP contribution in [0.25, 0.3) is 0 Å². The van der Waals surface area contributed by atoms with Crippen molar-refractivity contribution >= 4 is 17.6 Å². The Balaban J connectivity index is 2.22. The van der Waals surface area contributed by atoms with Gasteiger partial charge in [0.2, 0.25) is 5.91 Å². The van der Waals surface area contributed by atoms with E-state index < -0.39 is 5.97 Å². The highest BCUT2D eigenvalue weighted by molar-refractivity contribution is 5.89. The Morgan fingerprint density at radius 3 is 2.65 bits per heavy atom. The highest BCUT2D eigenvalue weighted by Crippen LogP contribution is 2.19. The summed E-state index contributed by atoms with van der Waals surface area (Å²) in [5, 5.41) is 11.6. The monoisotopic (exact) mass is 234 g/mol. The van der Waals surface area contributed by atoms with Gasteiger partial charge in [0.15, 0.2) is 0 Å². The molecule has 1 atom stereocenters. The topological polar surface area (TPSA) is 69.6 Å². The molecule has 0 bridgehead atoms. The Morgan fingerprint density at radius 1 is 1.41 bits per heavy atom. The minimum absolute atomic E-state index is 0.00133. The third-order valence-corrected chi connectivity index (χ3v) is 2.94. The average molecular weight is 234 g/mol. The van der Waals surface area contributed by atoms with Crippen molar-refractivity contribution in [3.8, 4) is 0 Å². The van der Waals surface area contributed by atoms with Crippen LogP contribution in [-0.4, -0.2) is 36.1 Å². The molecule has 1 aromatic carbocycles. The van der Waals surface area contributed by atoms with Crippen molar-refractivity contribution in [1.82, 2.24) is 5.32 Å². The van der Waals surface area contributed by atoms with Crippen LogP contribution in [0.2, 0.25) is 0 Å². The molecule has 1 heterocycles. The predicted molar refractivity (Wildman–Crippen MR) is 63.2 cm³/mol. The number of benzene rings is 1. The number of carboxylic acid groups (broad SMARTS) is 1. The molecule has 0 saturated carbocycles. The Hall–Kier alpha value is -2.04. The van der Waals surface area contributed by atoms with E-state index in [2.05, 4.69) is 5.32 Å². The first-order valence-electron chi connectivity index (χ1n) is 5.47. The number of carbonyl (C=O) groups is 2. The van der Waals surface area contributed by atoms with E-state index in [0.717, 1.165) is 12.2 Å². The molecule has 1 aliphatic rings. The summed E-state index contributed by atoms with van der Waals surface area (Å²) in [4.78, 5) is 24.2. The van der Waals surface area contributed by atoms with Gasteiger partial charge in [0.05, 0.1) is 5.56 Å². The van der Waals surface area contributed by atoms with Crippen LogP contribution in [0, 0.1) is 0 Å². The van der Waals surface area contributed by atoms with Crippen molar-refractivity contribution in [3.63, 3.8) is 0 Å². The van der Waals surface area contributed by atoms with Gasteiger partial charge in [-0.3, -0.25) is 4.79 Å². The van der Waals surface area contributed by atoms with Gasteiger partial charge in [-0.15, -0.1) is 0 Å². The van der Waals surface area contributed by atoms with Gasteiger partial charge in [0, 0.05) is 18.8 Å². The van der Waals surface area contributed by atoms with E-state index in [1.807, 2.05) is 11.8 Å². The number of hydrogen-bond acceptors (Lipinski definition) is 3. The third kappa shape index (κ3) is 2.22. The third-order valence-electron chi connectivity index (χ3n) is 2.94. The maximum atomic E-state index is 11.5. The van der Waals surface area contributed by atoms with E-state index in [0.29, 0.717) is 6.54 Å². The van der Waals surface area contributed by atoms with E-state index in [-0.39, 0.29) is 17.5 Å². The standard InChI is InChI=1S/C12H14N2O3/c1-8-11(15)13-6-7-14(8)10-4-2-9(3-5-10)12(16)17/h2-5,8H,6-7H2,1H3,(H,13,15)(H,16,17). The van der Waals surface area contributed by atoms with Crippen molar-refractivity contribution in [3.05, 3.63) is 29.8 Å². The van der Waals surface area contributed by atoms with E-state index in [9.17, 15) is 9.59 Å². The highest BCUT2D eigenvalue weighted by Gasteiger charge is 2.25. The molecule has 90 valence electrons. The number of piperazine rings is 1. The first-order valence-corrected chi connectivity index (χ1v) is 5.47. The summed E-state index contributed by atoms with van der Waals surface area (Å²) < 4.78 is 0. The average Bonchev–Trinajstić information content (AvgIpc) is 2.33. The van der Waals surface area contributed by atoms with Gasteiger partial charge in [0.25, 0.3) is 0 Å². The van der Waals surface area contributed by atoms with Crippen LogP contribution in [0.3, 0.4) is 0 Å². The lowest BCUT2D eigenvalue weighted by Crippen LogP contribution is -2.54. The molecule has 2 rings (SSSR count). The predicted octanol–water partition coefficient (Wildman–Crippen LogP) is 0.709. The number of hydrogen-bond donors (Lipinski definition) is 2. The van der Waals surface area contributed by atoms with Crippen molar-refractivity contribution in [2.24, 2.45) is 0 Å². The van der Waals surface area contributed by atoms with Gasteiger partial charge >= 0.3 is 5.97 Å². The molecule has 0 spiro atoms. The van der Waals surface area contributed by atoms with Gasteiger partial charge in [-0.05, 0) is 31.2 Å². The summed E-state index contributed by atoms with van der Waals surface area (Å²) in [6.45, 7) is 3.18. The van der Waals surface area contributed by atoms with Gasteiger partial charge in [0.1, 0.15) is 6.04 Å². The second-order valence-electron chi connectivity index (χ2n) is 4.01. The summed E-state index contributed by atoms with van der Waals surface area (Å²) in [7, 11) is 0. The summed E-state index contributed by atoms with van der Waals surface area (Å²) in [5.41, 5.74) is 1.13. The van der Waals surface area contributed by atoms with Gasteiger partial charge in [-0.1, -0.05) is 0 Å². The number of carboxylic acids is 1. The molecule has 1 saturated heterocycles. The number of nitrogens with one attached hydrogen (secondary N) is 1. The largest absolute Gasteiger partial charge is 0.478 e. The van der Waals surface area contributed by atoms with Crippen molar-refractivity contribution < 1.29 is 14.7 Å². The van der Waals surface area contributed by atoms with Crippen molar-refractivity contribution in [2.45, 2.75) is 13.0 Å². The number of amides is 1. The maximum Gasteiger partial charge on any atom is 0.335 e. The fourth-order valence-corrected chi connectivity index (χ4v) is 1.93. The molecule has 1 unspecified atom stereocenters. The molecule has 1 aromatic rings. The molecule has 17 heavy (non-hydrogen) atoms. The van der Waals surface area contributed by atoms with Crippen LogP contribution in [0.1, 0.15) is 17.3 Å². The Kier molecular flexibility index (Phi) is 2.99. The minimum Gasteiger partial charge on any atom is -0.478 e. The van der Waals surface area contributed by atoms with Crippen LogP contribution in [0.5, 0.6) is 0 Å². The van der Waals surface area contributed by atoms with E-state index in [1.165, 1.54) is 0 Å². The quantitative estimate of drug-likeness (QED) is 0.790. The van der Waals surface area contributed by atoms with Gasteiger partial charge in [-0.25, -0.2) is 4.79 Å². The second kappa shape index (κ2) is 4.45. The fraction of sp³-hybridized carbons (Fsp3) is 0.333. The lowest BCUT2D eigenvalue weighted by Gasteiger charge is -2.34. The molecule has 2 N–H and O–H groups in total. The van der Waals surface area contributed by atoms with Crippen LogP contribution in [-0.2, 0) is 4.79 Å². The van der Waals surface area contributed by atoms with Crippen LogP contribution in [0.4, 0.5) is 5.69 Å². The molecule has 1 fully saturated rings. The van der Waals surface area contributed by atoms with Crippen molar-refractivity contribution in [2.75, 3.05) is 18.0 Å². The van der Waals surface area contributed by atoms with E-state index in [4.69, 9.17) is 5.11 Å². The summed E-state index contributed by atoms with van der Waals surface area (Å²) in [6, 6.07) is 6.35. The smallest absolute Gasteiger partial charge is 0.335 e. The molecule has 1 aliphatic heterocycles. The Labute approximate surface area is 99.0 Å². The first kappa shape index (κ1) is 11.4. The first-order chi connectivity index (χ1) is 8.09. The molecule has 5 nitrogen and oxygen atoms in total.